The molecule has 0 atom stereocenters. The first kappa shape index (κ1) is 5.16. The van der Waals surface area contributed by atoms with Crippen LogP contribution >= 0.6 is 0 Å². The van der Waals surface area contributed by atoms with Crippen molar-refractivity contribution in [3.8, 4) is 0 Å². The Kier molecular flexibility index (Phi) is 1.11. The third-order valence-electron chi connectivity index (χ3n) is 1.82. The van der Waals surface area contributed by atoms with Crippen molar-refractivity contribution in [2.75, 3.05) is 6.61 Å². The van der Waals surface area contributed by atoms with E-state index in [1.54, 1.807) is 6.26 Å². The fraction of sp³-hybridized carbons (Fsp3) is 0.429. The molecule has 0 aromatic rings. The monoisotopic (exact) mass is 119 g/mol. The molecule has 1 radical (unpaired) electrons. The zero-order chi connectivity index (χ0) is 6.10. The smallest absolute Gasteiger partial charge is 0.152 e. The highest BCUT2D eigenvalue weighted by atomic mass is 16.5. The lowest BCUT2D eigenvalue weighted by atomic mass is 9.70. The van der Waals surface area contributed by atoms with Crippen LogP contribution in [0.2, 0.25) is 6.32 Å². The van der Waals surface area contributed by atoms with Crippen molar-refractivity contribution in [2.45, 2.75) is 12.7 Å². The molecule has 0 aromatic carbocycles. The molecular weight excluding hydrogens is 111 g/mol. The first-order valence-electron chi connectivity index (χ1n) is 3.30. The van der Waals surface area contributed by atoms with E-state index < -0.39 is 0 Å². The Morgan fingerprint density at radius 3 is 3.44 bits per heavy atom. The van der Waals surface area contributed by atoms with Crippen LogP contribution in [0.25, 0.3) is 0 Å². The molecule has 0 saturated heterocycles. The molecule has 9 heavy (non-hydrogen) atoms. The Morgan fingerprint density at radius 2 is 2.56 bits per heavy atom. The number of rotatable bonds is 0. The van der Waals surface area contributed by atoms with Gasteiger partial charge in [-0.15, -0.1) is 0 Å². The number of hydrogen-bond donors (Lipinski definition) is 0. The van der Waals surface area contributed by atoms with Crippen LogP contribution in [0.3, 0.4) is 0 Å². The molecule has 2 heteroatoms. The molecule has 0 aromatic heterocycles. The van der Waals surface area contributed by atoms with E-state index in [0.29, 0.717) is 0 Å². The van der Waals surface area contributed by atoms with E-state index in [4.69, 9.17) is 4.74 Å². The first-order valence-corrected chi connectivity index (χ1v) is 3.30. The second-order valence-electron chi connectivity index (χ2n) is 2.42. The molecule has 0 amide bonds. The molecule has 0 unspecified atom stereocenters. The van der Waals surface area contributed by atoms with Crippen LogP contribution in [0.1, 0.15) is 6.42 Å². The van der Waals surface area contributed by atoms with E-state index in [1.165, 1.54) is 23.8 Å². The second-order valence-corrected chi connectivity index (χ2v) is 2.42. The quantitative estimate of drug-likeness (QED) is 0.437. The summed E-state index contributed by atoms with van der Waals surface area (Å²) in [5, 5.41) is 0. The van der Waals surface area contributed by atoms with Crippen molar-refractivity contribution in [1.29, 1.82) is 0 Å². The van der Waals surface area contributed by atoms with Crippen LogP contribution in [0.15, 0.2) is 23.4 Å². The average molecular weight is 119 g/mol. The normalized spacial score (nSPS) is 23.1. The van der Waals surface area contributed by atoms with Gasteiger partial charge in [-0.25, -0.2) is 0 Å². The van der Waals surface area contributed by atoms with Gasteiger partial charge in [-0.05, 0) is 18.1 Å². The van der Waals surface area contributed by atoms with Gasteiger partial charge in [0.15, 0.2) is 7.28 Å². The molecule has 0 bridgehead atoms. The highest BCUT2D eigenvalue weighted by Crippen LogP contribution is 2.23. The van der Waals surface area contributed by atoms with Gasteiger partial charge in [-0.3, -0.25) is 0 Å². The number of allylic oxidation sites excluding steroid dienone is 2. The molecule has 45 valence electrons. The van der Waals surface area contributed by atoms with E-state index in [-0.39, 0.29) is 0 Å². The van der Waals surface area contributed by atoms with Gasteiger partial charge in [0, 0.05) is 0 Å². The van der Waals surface area contributed by atoms with Crippen LogP contribution in [0.4, 0.5) is 0 Å². The van der Waals surface area contributed by atoms with Crippen molar-refractivity contribution in [3.63, 3.8) is 0 Å². The van der Waals surface area contributed by atoms with E-state index >= 15 is 0 Å². The molecule has 2 rings (SSSR count). The van der Waals surface area contributed by atoms with Gasteiger partial charge in [0.2, 0.25) is 0 Å². The zero-order valence-electron chi connectivity index (χ0n) is 5.26. The minimum atomic E-state index is 0.822. The molecule has 1 nitrogen and oxygen atoms in total. The van der Waals surface area contributed by atoms with E-state index in [1.807, 2.05) is 6.08 Å². The van der Waals surface area contributed by atoms with Gasteiger partial charge in [0.25, 0.3) is 0 Å². The molecule has 0 aliphatic carbocycles. The second kappa shape index (κ2) is 1.94. The van der Waals surface area contributed by atoms with Gasteiger partial charge in [0.1, 0.15) is 6.61 Å². The van der Waals surface area contributed by atoms with E-state index in [0.717, 1.165) is 6.61 Å². The van der Waals surface area contributed by atoms with Crippen LogP contribution in [0.5, 0.6) is 0 Å². The molecule has 0 spiro atoms. The maximum atomic E-state index is 5.12. The third kappa shape index (κ3) is 0.785. The first-order chi connectivity index (χ1) is 4.47. The Hall–Kier alpha value is -0.655. The maximum absolute atomic E-state index is 5.12. The summed E-state index contributed by atoms with van der Waals surface area (Å²) in [6.45, 7) is 0.822. The van der Waals surface area contributed by atoms with Crippen LogP contribution in [-0.4, -0.2) is 13.9 Å². The summed E-state index contributed by atoms with van der Waals surface area (Å²) >= 11 is 0. The van der Waals surface area contributed by atoms with Crippen molar-refractivity contribution >= 4 is 7.28 Å². The SMILES string of the molecule is [B]1CCC2=C1C=COC2. The molecule has 2 aliphatic rings. The summed E-state index contributed by atoms with van der Waals surface area (Å²) in [7, 11) is 2.27. The van der Waals surface area contributed by atoms with Crippen molar-refractivity contribution < 1.29 is 4.74 Å². The van der Waals surface area contributed by atoms with Crippen LogP contribution in [0, 0.1) is 0 Å². The van der Waals surface area contributed by atoms with Gasteiger partial charge >= 0.3 is 0 Å². The summed E-state index contributed by atoms with van der Waals surface area (Å²) in [6.07, 6.45) is 6.24. The lowest BCUT2D eigenvalue weighted by Gasteiger charge is -2.08. The van der Waals surface area contributed by atoms with Gasteiger partial charge in [-0.2, -0.15) is 0 Å². The summed E-state index contributed by atoms with van der Waals surface area (Å²) in [6, 6.07) is 0. The zero-order valence-corrected chi connectivity index (χ0v) is 5.26. The van der Waals surface area contributed by atoms with Gasteiger partial charge in [-0.1, -0.05) is 11.8 Å². The van der Waals surface area contributed by atoms with Gasteiger partial charge in [0.05, 0.1) is 6.26 Å². The standard InChI is InChI=1S/C7H8BO/c1-3-8-7-2-4-9-5-6(1)7/h2,4H,1,3,5H2. The topological polar surface area (TPSA) is 9.23 Å². The van der Waals surface area contributed by atoms with Gasteiger partial charge < -0.3 is 4.74 Å². The van der Waals surface area contributed by atoms with Crippen molar-refractivity contribution in [2.24, 2.45) is 0 Å². The fourth-order valence-electron chi connectivity index (χ4n) is 1.30. The van der Waals surface area contributed by atoms with E-state index in [2.05, 4.69) is 7.28 Å². The molecule has 0 saturated carbocycles. The molecule has 2 aliphatic heterocycles. The molecule has 0 N–H and O–H groups in total. The number of hydrogen-bond acceptors (Lipinski definition) is 1. The molecule has 2 heterocycles. The average Bonchev–Trinajstić information content (AvgIpc) is 2.33. The minimum Gasteiger partial charge on any atom is -0.497 e. The molecular formula is C7H8BO. The van der Waals surface area contributed by atoms with Crippen LogP contribution < -0.4 is 0 Å². The Morgan fingerprint density at radius 1 is 1.56 bits per heavy atom. The lowest BCUT2D eigenvalue weighted by Crippen LogP contribution is -1.98. The predicted octanol–water partition coefficient (Wildman–Crippen LogP) is 1.31. The lowest BCUT2D eigenvalue weighted by molar-refractivity contribution is 0.273. The Labute approximate surface area is 55.6 Å². The predicted molar refractivity (Wildman–Crippen MR) is 37.3 cm³/mol. The summed E-state index contributed by atoms with van der Waals surface area (Å²) in [4.78, 5) is 0. The highest BCUT2D eigenvalue weighted by Gasteiger charge is 2.15. The summed E-state index contributed by atoms with van der Waals surface area (Å²) in [5.74, 6) is 0. The minimum absolute atomic E-state index is 0.822. The maximum Gasteiger partial charge on any atom is 0.152 e. The van der Waals surface area contributed by atoms with Crippen LogP contribution in [-0.2, 0) is 4.74 Å². The van der Waals surface area contributed by atoms with Crippen molar-refractivity contribution in [3.05, 3.63) is 23.4 Å². The Balaban J connectivity index is 2.28. The van der Waals surface area contributed by atoms with Crippen molar-refractivity contribution in [1.82, 2.24) is 0 Å². The third-order valence-corrected chi connectivity index (χ3v) is 1.82. The molecule has 0 fully saturated rings. The summed E-state index contributed by atoms with van der Waals surface area (Å²) < 4.78 is 5.12. The summed E-state index contributed by atoms with van der Waals surface area (Å²) in [5.41, 5.74) is 2.87. The van der Waals surface area contributed by atoms with E-state index in [9.17, 15) is 0 Å². The fourth-order valence-corrected chi connectivity index (χ4v) is 1.30. The Bertz CT molecular complexity index is 181. The highest BCUT2D eigenvalue weighted by molar-refractivity contribution is 6.48. The largest absolute Gasteiger partial charge is 0.497 e. The number of ether oxygens (including phenoxy) is 1.